The fraction of sp³-hybridized carbons (Fsp3) is 0.125. The number of nitrogens with one attached hydrogen (secondary N) is 2. The van der Waals surface area contributed by atoms with Crippen molar-refractivity contribution in [2.45, 2.75) is 0 Å². The van der Waals surface area contributed by atoms with Crippen LogP contribution in [0.1, 0.15) is 9.67 Å². The molecule has 0 fully saturated rings. The molecule has 1 aromatic carbocycles. The van der Waals surface area contributed by atoms with E-state index >= 15 is 0 Å². The van der Waals surface area contributed by atoms with Crippen LogP contribution in [-0.4, -0.2) is 25.0 Å². The van der Waals surface area contributed by atoms with E-state index in [4.69, 9.17) is 4.74 Å². The van der Waals surface area contributed by atoms with Crippen LogP contribution in [0.15, 0.2) is 52.8 Å². The molecular weight excluding hydrogens is 380 g/mol. The number of ether oxygens (including phenoxy) is 1. The van der Waals surface area contributed by atoms with Crippen molar-refractivity contribution in [1.29, 1.82) is 0 Å². The van der Waals surface area contributed by atoms with Crippen molar-refractivity contribution >= 4 is 44.8 Å². The number of benzene rings is 1. The molecule has 23 heavy (non-hydrogen) atoms. The first-order valence-electron chi connectivity index (χ1n) is 6.75. The number of anilines is 1. The first-order valence-corrected chi connectivity index (χ1v) is 8.36. The van der Waals surface area contributed by atoms with Gasteiger partial charge in [-0.3, -0.25) is 9.59 Å². The van der Waals surface area contributed by atoms with E-state index in [-0.39, 0.29) is 18.4 Å². The van der Waals surface area contributed by atoms with Gasteiger partial charge in [0, 0.05) is 11.8 Å². The average Bonchev–Trinajstić information content (AvgIpc) is 2.97. The van der Waals surface area contributed by atoms with Crippen LogP contribution < -0.4 is 15.4 Å². The van der Waals surface area contributed by atoms with Crippen LogP contribution in [0.5, 0.6) is 5.75 Å². The number of carbonyl (C=O) groups excluding carboxylic acids is 2. The van der Waals surface area contributed by atoms with Gasteiger partial charge in [0.2, 0.25) is 5.91 Å². The molecule has 120 valence electrons. The fourth-order valence-corrected chi connectivity index (χ4v) is 3.01. The first kappa shape index (κ1) is 17.2. The lowest BCUT2D eigenvalue weighted by atomic mass is 10.3. The Morgan fingerprint density at radius 3 is 2.83 bits per heavy atom. The Balaban J connectivity index is 1.84. The van der Waals surface area contributed by atoms with Crippen molar-refractivity contribution in [2.24, 2.45) is 0 Å². The standard InChI is InChI=1S/C16H15BrN2O3S/c1-2-8-22-12-5-3-4-11(9-12)19-15(20)10-18-16(21)13-6-7-14(17)23-13/h2-7,9H,1,8,10H2,(H,18,21)(H,19,20). The molecule has 0 spiro atoms. The monoisotopic (exact) mass is 394 g/mol. The van der Waals surface area contributed by atoms with Crippen LogP contribution in [0.4, 0.5) is 5.69 Å². The van der Waals surface area contributed by atoms with E-state index in [2.05, 4.69) is 33.1 Å². The van der Waals surface area contributed by atoms with E-state index in [9.17, 15) is 9.59 Å². The summed E-state index contributed by atoms with van der Waals surface area (Å²) in [6.45, 7) is 3.86. The molecule has 2 rings (SSSR count). The van der Waals surface area contributed by atoms with Gasteiger partial charge in [-0.05, 0) is 40.2 Å². The Bertz CT molecular complexity index is 715. The molecule has 0 saturated heterocycles. The van der Waals surface area contributed by atoms with E-state index in [1.54, 1.807) is 42.5 Å². The Kier molecular flexibility index (Phi) is 6.37. The third kappa shape index (κ3) is 5.54. The lowest BCUT2D eigenvalue weighted by Gasteiger charge is -2.08. The summed E-state index contributed by atoms with van der Waals surface area (Å²) in [6, 6.07) is 10.5. The molecule has 0 saturated carbocycles. The van der Waals surface area contributed by atoms with E-state index in [0.29, 0.717) is 22.9 Å². The predicted octanol–water partition coefficient (Wildman–Crippen LogP) is 3.44. The van der Waals surface area contributed by atoms with Gasteiger partial charge in [-0.2, -0.15) is 0 Å². The maximum Gasteiger partial charge on any atom is 0.261 e. The molecule has 0 atom stereocenters. The summed E-state index contributed by atoms with van der Waals surface area (Å²) in [6.07, 6.45) is 1.64. The summed E-state index contributed by atoms with van der Waals surface area (Å²) < 4.78 is 6.26. The van der Waals surface area contributed by atoms with E-state index in [1.165, 1.54) is 11.3 Å². The summed E-state index contributed by atoms with van der Waals surface area (Å²) in [7, 11) is 0. The zero-order chi connectivity index (χ0) is 16.7. The maximum absolute atomic E-state index is 11.9. The maximum atomic E-state index is 11.9. The number of carbonyl (C=O) groups is 2. The topological polar surface area (TPSA) is 67.4 Å². The van der Waals surface area contributed by atoms with Crippen molar-refractivity contribution < 1.29 is 14.3 Å². The Hall–Kier alpha value is -2.12. The summed E-state index contributed by atoms with van der Waals surface area (Å²) in [5, 5.41) is 5.28. The highest BCUT2D eigenvalue weighted by Gasteiger charge is 2.10. The minimum absolute atomic E-state index is 0.105. The molecule has 0 unspecified atom stereocenters. The molecule has 0 bridgehead atoms. The van der Waals surface area contributed by atoms with Gasteiger partial charge in [0.05, 0.1) is 15.2 Å². The van der Waals surface area contributed by atoms with E-state index < -0.39 is 0 Å². The van der Waals surface area contributed by atoms with E-state index in [0.717, 1.165) is 3.79 Å². The predicted molar refractivity (Wildman–Crippen MR) is 95.1 cm³/mol. The normalized spacial score (nSPS) is 9.96. The molecule has 2 amide bonds. The summed E-state index contributed by atoms with van der Waals surface area (Å²) in [5.74, 6) is 0.0453. The third-order valence-electron chi connectivity index (χ3n) is 2.69. The smallest absolute Gasteiger partial charge is 0.261 e. The van der Waals surface area contributed by atoms with Gasteiger partial charge in [-0.1, -0.05) is 18.7 Å². The summed E-state index contributed by atoms with van der Waals surface area (Å²) in [4.78, 5) is 24.3. The van der Waals surface area contributed by atoms with Gasteiger partial charge in [0.25, 0.3) is 5.91 Å². The van der Waals surface area contributed by atoms with Crippen molar-refractivity contribution in [3.8, 4) is 5.75 Å². The number of amides is 2. The Morgan fingerprint density at radius 2 is 2.13 bits per heavy atom. The van der Waals surface area contributed by atoms with Crippen LogP contribution in [0.25, 0.3) is 0 Å². The van der Waals surface area contributed by atoms with Crippen LogP contribution in [0, 0.1) is 0 Å². The second-order valence-corrected chi connectivity index (χ2v) is 6.93. The lowest BCUT2D eigenvalue weighted by Crippen LogP contribution is -2.32. The molecule has 5 nitrogen and oxygen atoms in total. The molecule has 0 aliphatic heterocycles. The van der Waals surface area contributed by atoms with Crippen LogP contribution >= 0.6 is 27.3 Å². The molecule has 0 aliphatic rings. The average molecular weight is 395 g/mol. The fourth-order valence-electron chi connectivity index (χ4n) is 1.71. The van der Waals surface area contributed by atoms with Gasteiger partial charge in [-0.15, -0.1) is 11.3 Å². The van der Waals surface area contributed by atoms with Gasteiger partial charge in [0.15, 0.2) is 0 Å². The number of halogens is 1. The first-order chi connectivity index (χ1) is 11.1. The zero-order valence-electron chi connectivity index (χ0n) is 12.2. The lowest BCUT2D eigenvalue weighted by molar-refractivity contribution is -0.115. The Morgan fingerprint density at radius 1 is 1.30 bits per heavy atom. The minimum atomic E-state index is -0.310. The molecule has 1 aromatic heterocycles. The zero-order valence-corrected chi connectivity index (χ0v) is 14.6. The largest absolute Gasteiger partial charge is 0.489 e. The van der Waals surface area contributed by atoms with Crippen molar-refractivity contribution in [3.63, 3.8) is 0 Å². The van der Waals surface area contributed by atoms with E-state index in [1.807, 2.05) is 0 Å². The number of hydrogen-bond donors (Lipinski definition) is 2. The van der Waals surface area contributed by atoms with Crippen molar-refractivity contribution in [2.75, 3.05) is 18.5 Å². The number of hydrogen-bond acceptors (Lipinski definition) is 4. The molecule has 7 heteroatoms. The molecular formula is C16H15BrN2O3S. The van der Waals surface area contributed by atoms with Gasteiger partial charge < -0.3 is 15.4 Å². The molecule has 2 N–H and O–H groups in total. The van der Waals surface area contributed by atoms with Crippen LogP contribution in [-0.2, 0) is 4.79 Å². The quantitative estimate of drug-likeness (QED) is 0.706. The number of thiophene rings is 1. The SMILES string of the molecule is C=CCOc1cccc(NC(=O)CNC(=O)c2ccc(Br)s2)c1. The van der Waals surface area contributed by atoms with Crippen molar-refractivity contribution in [1.82, 2.24) is 5.32 Å². The van der Waals surface area contributed by atoms with Gasteiger partial charge >= 0.3 is 0 Å². The van der Waals surface area contributed by atoms with Crippen LogP contribution in [0.2, 0.25) is 0 Å². The second-order valence-electron chi connectivity index (χ2n) is 4.46. The highest BCUT2D eigenvalue weighted by Crippen LogP contribution is 2.21. The van der Waals surface area contributed by atoms with Gasteiger partial charge in [-0.25, -0.2) is 0 Å². The third-order valence-corrected chi connectivity index (χ3v) is 4.31. The van der Waals surface area contributed by atoms with Gasteiger partial charge in [0.1, 0.15) is 12.4 Å². The highest BCUT2D eigenvalue weighted by atomic mass is 79.9. The van der Waals surface area contributed by atoms with Crippen molar-refractivity contribution in [3.05, 3.63) is 57.7 Å². The molecule has 2 aromatic rings. The molecule has 0 radical (unpaired) electrons. The second kappa shape index (κ2) is 8.50. The number of rotatable bonds is 7. The molecule has 1 heterocycles. The summed E-state index contributed by atoms with van der Waals surface area (Å²) >= 11 is 4.60. The van der Waals surface area contributed by atoms with Crippen LogP contribution in [0.3, 0.4) is 0 Å². The summed E-state index contributed by atoms with van der Waals surface area (Å²) in [5.41, 5.74) is 0.602. The minimum Gasteiger partial charge on any atom is -0.489 e. The highest BCUT2D eigenvalue weighted by molar-refractivity contribution is 9.11. The molecule has 0 aliphatic carbocycles. The Labute approximate surface area is 146 Å².